The van der Waals surface area contributed by atoms with Crippen LogP contribution >= 0.6 is 15.9 Å². The molecule has 0 bridgehead atoms. The first-order valence-corrected chi connectivity index (χ1v) is 5.90. The first kappa shape index (κ1) is 13.0. The second kappa shape index (κ2) is 5.30. The third-order valence-corrected chi connectivity index (χ3v) is 3.28. The molecular weight excluding hydrogens is 268 g/mol. The highest BCUT2D eigenvalue weighted by molar-refractivity contribution is 9.10. The summed E-state index contributed by atoms with van der Waals surface area (Å²) < 4.78 is 0.899. The second-order valence-electron chi connectivity index (χ2n) is 3.97. The van der Waals surface area contributed by atoms with Gasteiger partial charge in [-0.05, 0) is 37.5 Å². The van der Waals surface area contributed by atoms with Crippen molar-refractivity contribution in [3.63, 3.8) is 0 Å². The van der Waals surface area contributed by atoms with E-state index in [4.69, 9.17) is 0 Å². The zero-order chi connectivity index (χ0) is 12.2. The van der Waals surface area contributed by atoms with Gasteiger partial charge in [-0.1, -0.05) is 34.1 Å². The topological polar surface area (TPSA) is 37.3 Å². The predicted octanol–water partition coefficient (Wildman–Crippen LogP) is 3.76. The fourth-order valence-electron chi connectivity index (χ4n) is 1.60. The molecule has 0 spiro atoms. The number of carbonyl (C=O) groups is 1. The van der Waals surface area contributed by atoms with Crippen LogP contribution in [-0.4, -0.2) is 11.1 Å². The molecule has 1 aromatic rings. The van der Waals surface area contributed by atoms with Crippen molar-refractivity contribution < 1.29 is 9.90 Å². The Labute approximate surface area is 104 Å². The van der Waals surface area contributed by atoms with Crippen molar-refractivity contribution in [3.05, 3.63) is 47.0 Å². The molecule has 0 fully saturated rings. The smallest absolute Gasteiger partial charge is 0.313 e. The summed E-state index contributed by atoms with van der Waals surface area (Å²) in [5.41, 5.74) is -0.0333. The number of carboxylic acid groups (broad SMARTS) is 1. The van der Waals surface area contributed by atoms with Crippen LogP contribution in [-0.2, 0) is 10.2 Å². The minimum atomic E-state index is -0.849. The molecule has 0 saturated carbocycles. The second-order valence-corrected chi connectivity index (χ2v) is 4.89. The van der Waals surface area contributed by atoms with Crippen molar-refractivity contribution in [3.8, 4) is 0 Å². The Kier molecular flexibility index (Phi) is 4.30. The summed E-state index contributed by atoms with van der Waals surface area (Å²) in [6.07, 6.45) is 3.00. The molecule has 0 aliphatic rings. The Hall–Kier alpha value is -1.09. The van der Waals surface area contributed by atoms with Crippen LogP contribution in [0.5, 0.6) is 0 Å². The fraction of sp³-hybridized carbons (Fsp3) is 0.308. The van der Waals surface area contributed by atoms with Gasteiger partial charge in [0, 0.05) is 4.47 Å². The van der Waals surface area contributed by atoms with Gasteiger partial charge in [0.15, 0.2) is 0 Å². The lowest BCUT2D eigenvalue weighted by atomic mass is 9.78. The van der Waals surface area contributed by atoms with Crippen LogP contribution < -0.4 is 0 Å². The molecule has 16 heavy (non-hydrogen) atoms. The maximum Gasteiger partial charge on any atom is 0.313 e. The molecule has 0 amide bonds. The van der Waals surface area contributed by atoms with Gasteiger partial charge in [-0.25, -0.2) is 0 Å². The molecule has 0 radical (unpaired) electrons. The van der Waals surface area contributed by atoms with Gasteiger partial charge in [-0.2, -0.15) is 0 Å². The number of aliphatic carboxylic acids is 1. The van der Waals surface area contributed by atoms with Gasteiger partial charge in [0.1, 0.15) is 0 Å². The minimum absolute atomic E-state index is 0.558. The summed E-state index contributed by atoms with van der Waals surface area (Å²) in [6, 6.07) is 7.45. The molecule has 3 heteroatoms. The van der Waals surface area contributed by atoms with E-state index in [2.05, 4.69) is 22.5 Å². The number of allylic oxidation sites excluding steroid dienone is 1. The average Bonchev–Trinajstić information content (AvgIpc) is 2.25. The van der Waals surface area contributed by atoms with Crippen LogP contribution in [0.4, 0.5) is 0 Å². The van der Waals surface area contributed by atoms with Gasteiger partial charge < -0.3 is 5.11 Å². The summed E-state index contributed by atoms with van der Waals surface area (Å²) in [4.78, 5) is 11.4. The molecule has 0 aliphatic carbocycles. The molecule has 1 atom stereocenters. The van der Waals surface area contributed by atoms with E-state index in [0.29, 0.717) is 12.8 Å². The highest BCUT2D eigenvalue weighted by Crippen LogP contribution is 2.31. The molecule has 0 aromatic heterocycles. The highest BCUT2D eigenvalue weighted by Gasteiger charge is 2.34. The van der Waals surface area contributed by atoms with Crippen molar-refractivity contribution in [1.82, 2.24) is 0 Å². The van der Waals surface area contributed by atoms with E-state index >= 15 is 0 Å². The quantitative estimate of drug-likeness (QED) is 0.835. The largest absolute Gasteiger partial charge is 0.481 e. The molecule has 0 aliphatic heterocycles. The van der Waals surface area contributed by atoms with Crippen LogP contribution in [0.25, 0.3) is 0 Å². The van der Waals surface area contributed by atoms with Gasteiger partial charge in [0.25, 0.3) is 0 Å². The molecule has 2 nitrogen and oxygen atoms in total. The molecule has 0 heterocycles. The Morgan fingerprint density at radius 3 is 2.81 bits per heavy atom. The van der Waals surface area contributed by atoms with E-state index in [1.807, 2.05) is 24.3 Å². The SMILES string of the molecule is C=CCCC(C)(C(=O)O)c1cccc(Br)c1. The lowest BCUT2D eigenvalue weighted by Crippen LogP contribution is -2.32. The van der Waals surface area contributed by atoms with Gasteiger partial charge in [-0.15, -0.1) is 6.58 Å². The normalized spacial score (nSPS) is 14.1. The number of rotatable bonds is 5. The predicted molar refractivity (Wildman–Crippen MR) is 68.6 cm³/mol. The van der Waals surface area contributed by atoms with Gasteiger partial charge in [0.05, 0.1) is 5.41 Å². The lowest BCUT2D eigenvalue weighted by molar-refractivity contribution is -0.143. The van der Waals surface area contributed by atoms with Gasteiger partial charge in [0.2, 0.25) is 0 Å². The van der Waals surface area contributed by atoms with E-state index in [1.54, 1.807) is 13.0 Å². The van der Waals surface area contributed by atoms with Gasteiger partial charge in [-0.3, -0.25) is 4.79 Å². The number of carboxylic acids is 1. The van der Waals surface area contributed by atoms with Crippen LogP contribution in [0.15, 0.2) is 41.4 Å². The number of halogens is 1. The zero-order valence-corrected chi connectivity index (χ0v) is 10.8. The zero-order valence-electron chi connectivity index (χ0n) is 9.24. The van der Waals surface area contributed by atoms with Crippen molar-refractivity contribution >= 4 is 21.9 Å². The summed E-state index contributed by atoms with van der Waals surface area (Å²) in [6.45, 7) is 5.38. The summed E-state index contributed by atoms with van der Waals surface area (Å²) in [7, 11) is 0. The summed E-state index contributed by atoms with van der Waals surface area (Å²) >= 11 is 3.36. The highest BCUT2D eigenvalue weighted by atomic mass is 79.9. The van der Waals surface area contributed by atoms with Crippen LogP contribution in [0, 0.1) is 0 Å². The van der Waals surface area contributed by atoms with Gasteiger partial charge >= 0.3 is 5.97 Å². The minimum Gasteiger partial charge on any atom is -0.481 e. The first-order valence-electron chi connectivity index (χ1n) is 5.11. The number of benzene rings is 1. The Bertz CT molecular complexity index is 401. The van der Waals surface area contributed by atoms with E-state index in [0.717, 1.165) is 10.0 Å². The Morgan fingerprint density at radius 2 is 2.31 bits per heavy atom. The van der Waals surface area contributed by atoms with Crippen molar-refractivity contribution in [2.75, 3.05) is 0 Å². The molecule has 1 rings (SSSR count). The van der Waals surface area contributed by atoms with Crippen LogP contribution in [0.1, 0.15) is 25.3 Å². The fourth-order valence-corrected chi connectivity index (χ4v) is 2.00. The first-order chi connectivity index (χ1) is 7.50. The van der Waals surface area contributed by atoms with E-state index in [1.165, 1.54) is 0 Å². The van der Waals surface area contributed by atoms with Crippen molar-refractivity contribution in [1.29, 1.82) is 0 Å². The Balaban J connectivity index is 3.10. The molecular formula is C13H15BrO2. The molecule has 0 saturated heterocycles. The van der Waals surface area contributed by atoms with E-state index in [-0.39, 0.29) is 0 Å². The number of hydrogen-bond acceptors (Lipinski definition) is 1. The Morgan fingerprint density at radius 1 is 1.62 bits per heavy atom. The molecule has 86 valence electrons. The third kappa shape index (κ3) is 2.73. The maximum atomic E-state index is 11.4. The summed E-state index contributed by atoms with van der Waals surface area (Å²) in [5, 5.41) is 9.35. The lowest BCUT2D eigenvalue weighted by Gasteiger charge is -2.25. The molecule has 1 unspecified atom stereocenters. The number of hydrogen-bond donors (Lipinski definition) is 1. The third-order valence-electron chi connectivity index (χ3n) is 2.78. The summed E-state index contributed by atoms with van der Waals surface area (Å²) in [5.74, 6) is -0.799. The van der Waals surface area contributed by atoms with Crippen LogP contribution in [0.3, 0.4) is 0 Å². The van der Waals surface area contributed by atoms with Crippen molar-refractivity contribution in [2.45, 2.75) is 25.2 Å². The van der Waals surface area contributed by atoms with E-state index < -0.39 is 11.4 Å². The average molecular weight is 283 g/mol. The van der Waals surface area contributed by atoms with E-state index in [9.17, 15) is 9.90 Å². The molecule has 1 N–H and O–H groups in total. The van der Waals surface area contributed by atoms with Crippen molar-refractivity contribution in [2.24, 2.45) is 0 Å². The standard InChI is InChI=1S/C13H15BrO2/c1-3-4-8-13(2,12(15)16)10-6-5-7-11(14)9-10/h3,5-7,9H,1,4,8H2,2H3,(H,15,16). The monoisotopic (exact) mass is 282 g/mol. The van der Waals surface area contributed by atoms with Crippen LogP contribution in [0.2, 0.25) is 0 Å². The maximum absolute atomic E-state index is 11.4. The molecule has 1 aromatic carbocycles.